The average Bonchev–Trinajstić information content (AvgIpc) is 3.25. The molecule has 0 amide bonds. The number of carboxylic acid groups (broad SMARTS) is 1. The SMILES string of the molecule is Cc1cc(C)c2[nH]ccc2c1O[C@@H]1CCN(C2CC(F)C2)C[C@H]1c1ccc(C(=O)O)cc1. The van der Waals surface area contributed by atoms with Gasteiger partial charge in [-0.3, -0.25) is 4.90 Å². The molecule has 2 heterocycles. The van der Waals surface area contributed by atoms with Crippen molar-refractivity contribution in [2.45, 2.75) is 57.3 Å². The molecule has 2 fully saturated rings. The van der Waals surface area contributed by atoms with Gasteiger partial charge in [0.1, 0.15) is 18.0 Å². The van der Waals surface area contributed by atoms with E-state index in [1.807, 2.05) is 18.3 Å². The zero-order chi connectivity index (χ0) is 22.4. The van der Waals surface area contributed by atoms with E-state index in [1.54, 1.807) is 12.1 Å². The highest BCUT2D eigenvalue weighted by molar-refractivity contribution is 5.90. The number of carbonyl (C=O) groups is 1. The molecule has 2 aliphatic rings. The summed E-state index contributed by atoms with van der Waals surface area (Å²) in [7, 11) is 0. The molecule has 0 bridgehead atoms. The molecular formula is C26H29FN2O3. The second-order valence-electron chi connectivity index (χ2n) is 9.30. The monoisotopic (exact) mass is 436 g/mol. The Labute approximate surface area is 187 Å². The zero-order valence-corrected chi connectivity index (χ0v) is 18.5. The normalized spacial score (nSPS) is 26.1. The molecule has 0 spiro atoms. The van der Waals surface area contributed by atoms with Crippen molar-refractivity contribution in [2.75, 3.05) is 13.1 Å². The summed E-state index contributed by atoms with van der Waals surface area (Å²) in [5, 5.41) is 10.4. The van der Waals surface area contributed by atoms with E-state index >= 15 is 0 Å². The van der Waals surface area contributed by atoms with Crippen molar-refractivity contribution in [2.24, 2.45) is 0 Å². The molecule has 2 aromatic carbocycles. The summed E-state index contributed by atoms with van der Waals surface area (Å²) in [4.78, 5) is 17.0. The van der Waals surface area contributed by atoms with Gasteiger partial charge in [-0.2, -0.15) is 0 Å². The molecule has 1 aliphatic carbocycles. The Morgan fingerprint density at radius 3 is 2.59 bits per heavy atom. The number of likely N-dealkylation sites (tertiary alicyclic amines) is 1. The first-order valence-corrected chi connectivity index (χ1v) is 11.4. The van der Waals surface area contributed by atoms with E-state index in [-0.39, 0.29) is 17.6 Å². The molecule has 1 saturated carbocycles. The standard InChI is InChI=1S/C26H29FN2O3/c1-15-11-16(2)25(21-7-9-28-24(15)21)32-23-8-10-29(20-12-19(27)13-20)14-22(23)17-3-5-18(6-4-17)26(30)31/h3-7,9,11,19-20,22-23,28H,8,10,12-14H2,1-2H3,(H,30,31)/t19?,20?,22-,23+/m0/s1. The Balaban J connectivity index is 1.46. The molecule has 5 rings (SSSR count). The molecule has 2 atom stereocenters. The number of alkyl halides is 1. The number of aryl methyl sites for hydroxylation is 2. The number of hydrogen-bond acceptors (Lipinski definition) is 3. The highest BCUT2D eigenvalue weighted by Crippen LogP contribution is 2.39. The highest BCUT2D eigenvalue weighted by Gasteiger charge is 2.40. The van der Waals surface area contributed by atoms with Crippen LogP contribution in [0, 0.1) is 13.8 Å². The topological polar surface area (TPSA) is 65.6 Å². The van der Waals surface area contributed by atoms with E-state index in [2.05, 4.69) is 35.9 Å². The first kappa shape index (κ1) is 21.0. The van der Waals surface area contributed by atoms with Crippen LogP contribution in [-0.2, 0) is 0 Å². The molecule has 168 valence electrons. The summed E-state index contributed by atoms with van der Waals surface area (Å²) < 4.78 is 20.2. The Kier molecular flexibility index (Phi) is 5.41. The van der Waals surface area contributed by atoms with Gasteiger partial charge < -0.3 is 14.8 Å². The number of fused-ring (bicyclic) bond motifs is 1. The van der Waals surface area contributed by atoms with Gasteiger partial charge in [0.15, 0.2) is 0 Å². The van der Waals surface area contributed by atoms with Crippen LogP contribution in [0.3, 0.4) is 0 Å². The van der Waals surface area contributed by atoms with Gasteiger partial charge >= 0.3 is 5.97 Å². The number of aromatic nitrogens is 1. The van der Waals surface area contributed by atoms with Gasteiger partial charge in [-0.05, 0) is 68.0 Å². The fourth-order valence-corrected chi connectivity index (χ4v) is 5.31. The third kappa shape index (κ3) is 3.77. The number of benzene rings is 2. The Morgan fingerprint density at radius 1 is 1.16 bits per heavy atom. The number of piperidine rings is 1. The smallest absolute Gasteiger partial charge is 0.335 e. The van der Waals surface area contributed by atoms with E-state index in [4.69, 9.17) is 4.74 Å². The lowest BCUT2D eigenvalue weighted by molar-refractivity contribution is 0.00284. The zero-order valence-electron chi connectivity index (χ0n) is 18.5. The second kappa shape index (κ2) is 8.24. The van der Waals surface area contributed by atoms with Crippen molar-refractivity contribution in [1.29, 1.82) is 0 Å². The van der Waals surface area contributed by atoms with Crippen LogP contribution in [0.5, 0.6) is 5.75 Å². The highest BCUT2D eigenvalue weighted by atomic mass is 19.1. The summed E-state index contributed by atoms with van der Waals surface area (Å²) in [5.74, 6) is 0.0630. The first-order valence-electron chi connectivity index (χ1n) is 11.4. The van der Waals surface area contributed by atoms with Crippen LogP contribution in [0.4, 0.5) is 4.39 Å². The number of nitrogens with one attached hydrogen (secondary N) is 1. The van der Waals surface area contributed by atoms with Crippen molar-refractivity contribution in [1.82, 2.24) is 9.88 Å². The van der Waals surface area contributed by atoms with Crippen molar-refractivity contribution in [3.8, 4) is 5.75 Å². The van der Waals surface area contributed by atoms with Crippen molar-refractivity contribution in [3.05, 3.63) is 64.8 Å². The summed E-state index contributed by atoms with van der Waals surface area (Å²) in [5.41, 5.74) is 4.74. The molecule has 1 aliphatic heterocycles. The summed E-state index contributed by atoms with van der Waals surface area (Å²) >= 11 is 0. The maximum atomic E-state index is 13.5. The number of halogens is 1. The largest absolute Gasteiger partial charge is 0.489 e. The van der Waals surface area contributed by atoms with E-state index < -0.39 is 12.1 Å². The fraction of sp³-hybridized carbons (Fsp3) is 0.423. The second-order valence-corrected chi connectivity index (χ2v) is 9.30. The minimum absolute atomic E-state index is 0.0392. The third-order valence-electron chi connectivity index (χ3n) is 7.19. The Hall–Kier alpha value is -2.86. The average molecular weight is 437 g/mol. The van der Waals surface area contributed by atoms with Crippen LogP contribution < -0.4 is 4.74 Å². The van der Waals surface area contributed by atoms with Crippen molar-refractivity contribution < 1.29 is 19.0 Å². The van der Waals surface area contributed by atoms with Crippen molar-refractivity contribution >= 4 is 16.9 Å². The number of ether oxygens (including phenoxy) is 1. The Morgan fingerprint density at radius 2 is 1.91 bits per heavy atom. The molecule has 5 nitrogen and oxygen atoms in total. The van der Waals surface area contributed by atoms with E-state index in [0.717, 1.165) is 47.3 Å². The van der Waals surface area contributed by atoms with Gasteiger partial charge in [0.2, 0.25) is 0 Å². The molecule has 3 aromatic rings. The third-order valence-corrected chi connectivity index (χ3v) is 7.19. The van der Waals surface area contributed by atoms with E-state index in [9.17, 15) is 14.3 Å². The van der Waals surface area contributed by atoms with Gasteiger partial charge in [0.05, 0.1) is 11.1 Å². The fourth-order valence-electron chi connectivity index (χ4n) is 5.31. The predicted molar refractivity (Wildman–Crippen MR) is 122 cm³/mol. The molecular weight excluding hydrogens is 407 g/mol. The maximum absolute atomic E-state index is 13.5. The van der Waals surface area contributed by atoms with Gasteiger partial charge in [0.25, 0.3) is 0 Å². The lowest BCUT2D eigenvalue weighted by Gasteiger charge is -2.46. The van der Waals surface area contributed by atoms with Crippen LogP contribution in [0.25, 0.3) is 10.9 Å². The number of hydrogen-bond donors (Lipinski definition) is 2. The minimum Gasteiger partial charge on any atom is -0.489 e. The molecule has 32 heavy (non-hydrogen) atoms. The van der Waals surface area contributed by atoms with E-state index in [1.165, 1.54) is 5.56 Å². The first-order chi connectivity index (χ1) is 15.4. The summed E-state index contributed by atoms with van der Waals surface area (Å²) in [6.45, 7) is 5.84. The van der Waals surface area contributed by atoms with Crippen LogP contribution in [0.2, 0.25) is 0 Å². The van der Waals surface area contributed by atoms with E-state index in [0.29, 0.717) is 18.9 Å². The van der Waals surface area contributed by atoms with Crippen LogP contribution in [0.15, 0.2) is 42.6 Å². The number of nitrogens with zero attached hydrogens (tertiary/aromatic N) is 1. The maximum Gasteiger partial charge on any atom is 0.335 e. The van der Waals surface area contributed by atoms with Gasteiger partial charge in [-0.15, -0.1) is 0 Å². The number of H-pyrrole nitrogens is 1. The summed E-state index contributed by atoms with van der Waals surface area (Å²) in [6, 6.07) is 11.6. The predicted octanol–water partition coefficient (Wildman–Crippen LogP) is 5.22. The number of aromatic amines is 1. The van der Waals surface area contributed by atoms with Crippen LogP contribution >= 0.6 is 0 Å². The summed E-state index contributed by atoms with van der Waals surface area (Å²) in [6.07, 6.45) is 3.28. The molecule has 0 radical (unpaired) electrons. The molecule has 0 unspecified atom stereocenters. The molecule has 6 heteroatoms. The van der Waals surface area contributed by atoms with Crippen LogP contribution in [-0.4, -0.2) is 52.4 Å². The molecule has 1 aromatic heterocycles. The number of aromatic carboxylic acids is 1. The minimum atomic E-state index is -0.928. The lowest BCUT2D eigenvalue weighted by atomic mass is 9.82. The molecule has 1 saturated heterocycles. The van der Waals surface area contributed by atoms with Gasteiger partial charge in [-0.25, -0.2) is 9.18 Å². The van der Waals surface area contributed by atoms with Gasteiger partial charge in [-0.1, -0.05) is 18.2 Å². The Bertz CT molecular complexity index is 1130. The number of rotatable bonds is 5. The molecule has 2 N–H and O–H groups in total. The number of carboxylic acids is 1. The quantitative estimate of drug-likeness (QED) is 0.576. The van der Waals surface area contributed by atoms with Crippen molar-refractivity contribution in [3.63, 3.8) is 0 Å². The van der Waals surface area contributed by atoms with Crippen LogP contribution in [0.1, 0.15) is 52.2 Å². The lowest BCUT2D eigenvalue weighted by Crippen LogP contribution is -2.53. The van der Waals surface area contributed by atoms with Gasteiger partial charge in [0, 0.05) is 36.6 Å².